The predicted octanol–water partition coefficient (Wildman–Crippen LogP) is 1.00. The van der Waals surface area contributed by atoms with Gasteiger partial charge in [0.1, 0.15) is 23.2 Å². The highest BCUT2D eigenvalue weighted by molar-refractivity contribution is 5.88. The summed E-state index contributed by atoms with van der Waals surface area (Å²) < 4.78 is 29.0. The van der Waals surface area contributed by atoms with Crippen LogP contribution in [-0.4, -0.2) is 35.3 Å². The normalized spacial score (nSPS) is 13.0. The van der Waals surface area contributed by atoms with Gasteiger partial charge in [0.2, 0.25) is 0 Å². The zero-order chi connectivity index (χ0) is 13.0. The maximum atomic E-state index is 11.9. The molecule has 1 unspecified atom stereocenters. The molecular formula is C10H13F2NO4. The van der Waals surface area contributed by atoms with Gasteiger partial charge in [0.15, 0.2) is 0 Å². The molecule has 0 aromatic carbocycles. The van der Waals surface area contributed by atoms with E-state index >= 15 is 0 Å². The molecule has 0 spiro atoms. The van der Waals surface area contributed by atoms with E-state index in [1.807, 2.05) is 0 Å². The topological polar surface area (TPSA) is 82.7 Å². The van der Waals surface area contributed by atoms with Crippen LogP contribution in [0, 0.1) is 6.92 Å². The molecule has 1 heterocycles. The molecule has 1 atom stereocenters. The van der Waals surface area contributed by atoms with Gasteiger partial charge in [-0.25, -0.2) is 13.6 Å². The van der Waals surface area contributed by atoms with Gasteiger partial charge in [0, 0.05) is 6.54 Å². The van der Waals surface area contributed by atoms with Crippen molar-refractivity contribution in [2.45, 2.75) is 26.0 Å². The molecule has 0 aliphatic carbocycles. The van der Waals surface area contributed by atoms with Crippen LogP contribution in [-0.2, 0) is 6.54 Å². The number of carboxylic acids is 1. The summed E-state index contributed by atoms with van der Waals surface area (Å²) in [5.74, 6) is -0.532. The smallest absolute Gasteiger partial charge is 0.339 e. The molecule has 1 rings (SSSR count). The molecule has 96 valence electrons. The number of carbonyl (C=O) groups is 1. The van der Waals surface area contributed by atoms with Crippen LogP contribution in [0.1, 0.15) is 21.9 Å². The molecule has 0 bridgehead atoms. The van der Waals surface area contributed by atoms with Crippen molar-refractivity contribution in [1.29, 1.82) is 0 Å². The Morgan fingerprint density at radius 1 is 1.59 bits per heavy atom. The van der Waals surface area contributed by atoms with Crippen molar-refractivity contribution in [2.24, 2.45) is 0 Å². The fourth-order valence-electron chi connectivity index (χ4n) is 1.28. The number of furan rings is 1. The predicted molar refractivity (Wildman–Crippen MR) is 54.1 cm³/mol. The highest BCUT2D eigenvalue weighted by Crippen LogP contribution is 2.14. The molecule has 1 aromatic heterocycles. The van der Waals surface area contributed by atoms with E-state index in [-0.39, 0.29) is 24.4 Å². The van der Waals surface area contributed by atoms with Crippen LogP contribution < -0.4 is 5.32 Å². The van der Waals surface area contributed by atoms with Crippen LogP contribution in [0.4, 0.5) is 8.78 Å². The largest absolute Gasteiger partial charge is 0.478 e. The minimum Gasteiger partial charge on any atom is -0.478 e. The summed E-state index contributed by atoms with van der Waals surface area (Å²) in [6, 6.07) is 1.32. The number of aliphatic hydroxyl groups is 1. The van der Waals surface area contributed by atoms with E-state index in [1.54, 1.807) is 0 Å². The van der Waals surface area contributed by atoms with Crippen LogP contribution >= 0.6 is 0 Å². The molecule has 3 N–H and O–H groups in total. The Morgan fingerprint density at radius 3 is 2.71 bits per heavy atom. The number of carboxylic acid groups (broad SMARTS) is 1. The first kappa shape index (κ1) is 13.6. The summed E-state index contributed by atoms with van der Waals surface area (Å²) in [5, 5.41) is 20.1. The lowest BCUT2D eigenvalue weighted by Crippen LogP contribution is -2.31. The number of alkyl halides is 2. The number of nitrogens with one attached hydrogen (secondary N) is 1. The number of aromatic carboxylic acids is 1. The Bertz CT molecular complexity index is 392. The molecule has 0 aliphatic heterocycles. The highest BCUT2D eigenvalue weighted by Gasteiger charge is 2.17. The Kier molecular flexibility index (Phi) is 4.59. The molecule has 0 amide bonds. The Balaban J connectivity index is 2.48. The SMILES string of the molecule is Cc1oc(CNCC(O)C(F)F)cc1C(=O)O. The summed E-state index contributed by atoms with van der Waals surface area (Å²) in [5.41, 5.74) is 0.0382. The van der Waals surface area contributed by atoms with Gasteiger partial charge in [-0.05, 0) is 13.0 Å². The third-order valence-electron chi connectivity index (χ3n) is 2.14. The van der Waals surface area contributed by atoms with Crippen molar-refractivity contribution in [2.75, 3.05) is 6.54 Å². The molecular weight excluding hydrogens is 236 g/mol. The van der Waals surface area contributed by atoms with Gasteiger partial charge < -0.3 is 19.9 Å². The van der Waals surface area contributed by atoms with Crippen molar-refractivity contribution < 1.29 is 28.2 Å². The van der Waals surface area contributed by atoms with Crippen molar-refractivity contribution in [3.05, 3.63) is 23.2 Å². The molecule has 0 saturated heterocycles. The van der Waals surface area contributed by atoms with Gasteiger partial charge >= 0.3 is 5.97 Å². The summed E-state index contributed by atoms with van der Waals surface area (Å²) in [6.45, 7) is 1.29. The van der Waals surface area contributed by atoms with E-state index in [9.17, 15) is 13.6 Å². The quantitative estimate of drug-likeness (QED) is 0.700. The summed E-state index contributed by atoms with van der Waals surface area (Å²) in [4.78, 5) is 10.7. The third kappa shape index (κ3) is 3.79. The highest BCUT2D eigenvalue weighted by atomic mass is 19.3. The molecule has 7 heteroatoms. The van der Waals surface area contributed by atoms with E-state index in [4.69, 9.17) is 14.6 Å². The van der Waals surface area contributed by atoms with Gasteiger partial charge in [-0.2, -0.15) is 0 Å². The lowest BCUT2D eigenvalue weighted by molar-refractivity contribution is -0.00360. The van der Waals surface area contributed by atoms with Gasteiger partial charge in [-0.15, -0.1) is 0 Å². The lowest BCUT2D eigenvalue weighted by Gasteiger charge is -2.09. The van der Waals surface area contributed by atoms with E-state index in [0.717, 1.165) is 0 Å². The second-order valence-electron chi connectivity index (χ2n) is 3.52. The first-order valence-corrected chi connectivity index (χ1v) is 4.91. The second-order valence-corrected chi connectivity index (χ2v) is 3.52. The summed E-state index contributed by atoms with van der Waals surface area (Å²) in [6.07, 6.45) is -4.56. The van der Waals surface area contributed by atoms with E-state index in [0.29, 0.717) is 5.76 Å². The number of hydrogen-bond donors (Lipinski definition) is 3. The first-order chi connectivity index (χ1) is 7.91. The fraction of sp³-hybridized carbons (Fsp3) is 0.500. The minimum atomic E-state index is -2.81. The third-order valence-corrected chi connectivity index (χ3v) is 2.14. The van der Waals surface area contributed by atoms with Crippen molar-refractivity contribution in [3.8, 4) is 0 Å². The van der Waals surface area contributed by atoms with E-state index < -0.39 is 18.5 Å². The summed E-state index contributed by atoms with van der Waals surface area (Å²) in [7, 11) is 0. The zero-order valence-corrected chi connectivity index (χ0v) is 9.11. The second kappa shape index (κ2) is 5.74. The van der Waals surface area contributed by atoms with Gasteiger partial charge in [-0.3, -0.25) is 0 Å². The van der Waals surface area contributed by atoms with Crippen LogP contribution in [0.2, 0.25) is 0 Å². The first-order valence-electron chi connectivity index (χ1n) is 4.91. The van der Waals surface area contributed by atoms with Crippen LogP contribution in [0.5, 0.6) is 0 Å². The Labute approximate surface area is 96.0 Å². The Hall–Kier alpha value is -1.47. The molecule has 0 fully saturated rings. The maximum Gasteiger partial charge on any atom is 0.339 e. The number of halogens is 2. The molecule has 5 nitrogen and oxygen atoms in total. The van der Waals surface area contributed by atoms with Gasteiger partial charge in [0.05, 0.1) is 6.54 Å². The van der Waals surface area contributed by atoms with Crippen molar-refractivity contribution in [1.82, 2.24) is 5.32 Å². The number of aliphatic hydroxyl groups excluding tert-OH is 1. The lowest BCUT2D eigenvalue weighted by atomic mass is 10.2. The molecule has 0 saturated carbocycles. The maximum absolute atomic E-state index is 11.9. The summed E-state index contributed by atoms with van der Waals surface area (Å²) >= 11 is 0. The zero-order valence-electron chi connectivity index (χ0n) is 9.11. The van der Waals surface area contributed by atoms with E-state index in [2.05, 4.69) is 5.32 Å². The van der Waals surface area contributed by atoms with Gasteiger partial charge in [0.25, 0.3) is 6.43 Å². The number of hydrogen-bond acceptors (Lipinski definition) is 4. The minimum absolute atomic E-state index is 0.0382. The van der Waals surface area contributed by atoms with Crippen LogP contribution in [0.25, 0.3) is 0 Å². The molecule has 0 aliphatic rings. The van der Waals surface area contributed by atoms with Gasteiger partial charge in [-0.1, -0.05) is 0 Å². The van der Waals surface area contributed by atoms with Crippen LogP contribution in [0.15, 0.2) is 10.5 Å². The molecule has 0 radical (unpaired) electrons. The molecule has 1 aromatic rings. The van der Waals surface area contributed by atoms with Crippen LogP contribution in [0.3, 0.4) is 0 Å². The average Bonchev–Trinajstić information content (AvgIpc) is 2.59. The Morgan fingerprint density at radius 2 is 2.24 bits per heavy atom. The molecule has 17 heavy (non-hydrogen) atoms. The van der Waals surface area contributed by atoms with Crippen molar-refractivity contribution in [3.63, 3.8) is 0 Å². The van der Waals surface area contributed by atoms with Crippen molar-refractivity contribution >= 4 is 5.97 Å². The standard InChI is InChI=1S/C10H13F2NO4/c1-5-7(10(15)16)2-6(17-5)3-13-4-8(14)9(11)12/h2,8-9,13-14H,3-4H2,1H3,(H,15,16). The fourth-order valence-corrected chi connectivity index (χ4v) is 1.28. The van der Waals surface area contributed by atoms with E-state index in [1.165, 1.54) is 13.0 Å². The number of rotatable bonds is 6. The number of aryl methyl sites for hydroxylation is 1. The average molecular weight is 249 g/mol. The monoisotopic (exact) mass is 249 g/mol.